The van der Waals surface area contributed by atoms with Gasteiger partial charge in [0.05, 0.1) is 13.2 Å². The predicted octanol–water partition coefficient (Wildman–Crippen LogP) is 1.84. The molecule has 0 aliphatic carbocycles. The summed E-state index contributed by atoms with van der Waals surface area (Å²) in [6.45, 7) is 3.85. The van der Waals surface area contributed by atoms with E-state index in [2.05, 4.69) is 4.98 Å². The number of aliphatic hydroxyl groups is 1. The molecular weight excluding hydrogens is 166 g/mol. The van der Waals surface area contributed by atoms with Gasteiger partial charge in [-0.05, 0) is 25.0 Å². The zero-order valence-corrected chi connectivity index (χ0v) is 8.24. The first-order valence-corrected chi connectivity index (χ1v) is 4.37. The van der Waals surface area contributed by atoms with E-state index in [-0.39, 0.29) is 0 Å². The maximum Gasteiger partial charge on any atom is 0.215 e. The van der Waals surface area contributed by atoms with E-state index >= 15 is 0 Å². The second-order valence-electron chi connectivity index (χ2n) is 3.02. The van der Waals surface area contributed by atoms with Gasteiger partial charge in [-0.15, -0.1) is 0 Å². The van der Waals surface area contributed by atoms with Crippen LogP contribution in [-0.4, -0.2) is 17.2 Å². The molecule has 3 nitrogen and oxygen atoms in total. The minimum atomic E-state index is -0.419. The van der Waals surface area contributed by atoms with Gasteiger partial charge in [-0.1, -0.05) is 6.92 Å². The highest BCUT2D eigenvalue weighted by Gasteiger charge is 2.07. The molecule has 72 valence electrons. The summed E-state index contributed by atoms with van der Waals surface area (Å²) in [5.74, 6) is 0.618. The quantitative estimate of drug-likeness (QED) is 0.773. The molecule has 0 amide bonds. The molecule has 0 bridgehead atoms. The highest BCUT2D eigenvalue weighted by Crippen LogP contribution is 2.20. The summed E-state index contributed by atoms with van der Waals surface area (Å²) < 4.78 is 5.02. The number of aryl methyl sites for hydroxylation is 1. The lowest BCUT2D eigenvalue weighted by molar-refractivity contribution is 0.173. The average Bonchev–Trinajstić information content (AvgIpc) is 2.16. The Morgan fingerprint density at radius 1 is 1.62 bits per heavy atom. The molecule has 1 rings (SSSR count). The Balaban J connectivity index is 2.95. The fraction of sp³-hybridized carbons (Fsp3) is 0.500. The number of aliphatic hydroxyl groups excluding tert-OH is 1. The first-order chi connectivity index (χ1) is 6.19. The second kappa shape index (κ2) is 4.23. The summed E-state index contributed by atoms with van der Waals surface area (Å²) >= 11 is 0. The van der Waals surface area contributed by atoms with Crippen molar-refractivity contribution in [3.8, 4) is 5.88 Å². The van der Waals surface area contributed by atoms with Crippen molar-refractivity contribution in [3.05, 3.63) is 23.4 Å². The number of ether oxygens (including phenoxy) is 1. The van der Waals surface area contributed by atoms with Crippen LogP contribution in [0.15, 0.2) is 12.3 Å². The van der Waals surface area contributed by atoms with Gasteiger partial charge in [0.15, 0.2) is 0 Å². The van der Waals surface area contributed by atoms with E-state index in [1.54, 1.807) is 13.3 Å². The van der Waals surface area contributed by atoms with Crippen LogP contribution in [0.5, 0.6) is 5.88 Å². The van der Waals surface area contributed by atoms with Crippen molar-refractivity contribution in [3.63, 3.8) is 0 Å². The van der Waals surface area contributed by atoms with Gasteiger partial charge in [0.2, 0.25) is 5.88 Å². The van der Waals surface area contributed by atoms with E-state index in [0.29, 0.717) is 12.3 Å². The summed E-state index contributed by atoms with van der Waals surface area (Å²) in [7, 11) is 1.59. The lowest BCUT2D eigenvalue weighted by atomic mass is 10.1. The van der Waals surface area contributed by atoms with E-state index in [9.17, 15) is 5.11 Å². The van der Waals surface area contributed by atoms with Gasteiger partial charge >= 0.3 is 0 Å². The van der Waals surface area contributed by atoms with Gasteiger partial charge in [0.1, 0.15) is 0 Å². The van der Waals surface area contributed by atoms with Crippen LogP contribution >= 0.6 is 0 Å². The molecule has 0 fully saturated rings. The zero-order valence-electron chi connectivity index (χ0n) is 8.24. The van der Waals surface area contributed by atoms with Crippen molar-refractivity contribution in [1.29, 1.82) is 0 Å². The van der Waals surface area contributed by atoms with Gasteiger partial charge in [0.25, 0.3) is 0 Å². The fourth-order valence-corrected chi connectivity index (χ4v) is 1.22. The normalized spacial score (nSPS) is 12.6. The minimum Gasteiger partial charge on any atom is -0.481 e. The van der Waals surface area contributed by atoms with E-state index in [4.69, 9.17) is 4.74 Å². The summed E-state index contributed by atoms with van der Waals surface area (Å²) in [5, 5.41) is 9.54. The summed E-state index contributed by atoms with van der Waals surface area (Å²) in [5.41, 5.74) is 1.80. The van der Waals surface area contributed by atoms with E-state index in [0.717, 1.165) is 11.1 Å². The Hall–Kier alpha value is -1.09. The lowest BCUT2D eigenvalue weighted by Gasteiger charge is -2.09. The molecule has 0 aliphatic rings. The molecule has 1 N–H and O–H groups in total. The summed E-state index contributed by atoms with van der Waals surface area (Å²) in [6.07, 6.45) is 1.94. The van der Waals surface area contributed by atoms with Crippen LogP contribution in [0.4, 0.5) is 0 Å². The number of hydrogen-bond acceptors (Lipinski definition) is 3. The third-order valence-corrected chi connectivity index (χ3v) is 2.02. The lowest BCUT2D eigenvalue weighted by Crippen LogP contribution is -1.99. The van der Waals surface area contributed by atoms with E-state index in [1.807, 2.05) is 19.9 Å². The average molecular weight is 181 g/mol. The van der Waals surface area contributed by atoms with Crippen molar-refractivity contribution >= 4 is 0 Å². The van der Waals surface area contributed by atoms with Gasteiger partial charge in [-0.2, -0.15) is 0 Å². The molecule has 1 aromatic rings. The fourth-order valence-electron chi connectivity index (χ4n) is 1.22. The molecule has 1 unspecified atom stereocenters. The van der Waals surface area contributed by atoms with Gasteiger partial charge in [-0.3, -0.25) is 0 Å². The van der Waals surface area contributed by atoms with Crippen molar-refractivity contribution in [2.75, 3.05) is 7.11 Å². The third-order valence-electron chi connectivity index (χ3n) is 2.02. The van der Waals surface area contributed by atoms with Crippen LogP contribution in [0.1, 0.15) is 30.6 Å². The Kier molecular flexibility index (Phi) is 3.25. The number of pyridine rings is 1. The zero-order chi connectivity index (χ0) is 9.84. The predicted molar refractivity (Wildman–Crippen MR) is 50.8 cm³/mol. The highest BCUT2D eigenvalue weighted by atomic mass is 16.5. The van der Waals surface area contributed by atoms with Crippen LogP contribution < -0.4 is 4.74 Å². The minimum absolute atomic E-state index is 0.419. The highest BCUT2D eigenvalue weighted by molar-refractivity contribution is 5.29. The van der Waals surface area contributed by atoms with Crippen LogP contribution in [0.25, 0.3) is 0 Å². The van der Waals surface area contributed by atoms with Crippen molar-refractivity contribution in [2.24, 2.45) is 0 Å². The Labute approximate surface area is 78.4 Å². The topological polar surface area (TPSA) is 42.4 Å². The Morgan fingerprint density at radius 3 is 2.77 bits per heavy atom. The Morgan fingerprint density at radius 2 is 2.31 bits per heavy atom. The molecule has 0 aliphatic heterocycles. The van der Waals surface area contributed by atoms with Crippen LogP contribution in [0, 0.1) is 6.92 Å². The van der Waals surface area contributed by atoms with Gasteiger partial charge in [0, 0.05) is 11.8 Å². The first-order valence-electron chi connectivity index (χ1n) is 4.37. The molecule has 0 spiro atoms. The van der Waals surface area contributed by atoms with Crippen LogP contribution in [0.2, 0.25) is 0 Å². The molecular formula is C10H15NO2. The molecule has 1 atom stereocenters. The molecule has 0 aromatic carbocycles. The second-order valence-corrected chi connectivity index (χ2v) is 3.02. The van der Waals surface area contributed by atoms with Gasteiger partial charge < -0.3 is 9.84 Å². The number of nitrogens with zero attached hydrogens (tertiary/aromatic N) is 1. The molecule has 0 radical (unpaired) electrons. The molecule has 3 heteroatoms. The molecule has 1 heterocycles. The SMILES string of the molecule is CCC(O)c1cnc(OC)c(C)c1. The van der Waals surface area contributed by atoms with Crippen LogP contribution in [-0.2, 0) is 0 Å². The first kappa shape index (κ1) is 9.99. The van der Waals surface area contributed by atoms with E-state index in [1.165, 1.54) is 0 Å². The van der Waals surface area contributed by atoms with Crippen molar-refractivity contribution < 1.29 is 9.84 Å². The van der Waals surface area contributed by atoms with Crippen LogP contribution in [0.3, 0.4) is 0 Å². The van der Waals surface area contributed by atoms with E-state index < -0.39 is 6.10 Å². The monoisotopic (exact) mass is 181 g/mol. The third kappa shape index (κ3) is 2.18. The standard InChI is InChI=1S/C10H15NO2/c1-4-9(12)8-5-7(2)10(13-3)11-6-8/h5-6,9,12H,4H2,1-3H3. The summed E-state index contributed by atoms with van der Waals surface area (Å²) in [6, 6.07) is 1.90. The smallest absolute Gasteiger partial charge is 0.215 e. The molecule has 13 heavy (non-hydrogen) atoms. The van der Waals surface area contributed by atoms with Crippen molar-refractivity contribution in [1.82, 2.24) is 4.98 Å². The maximum atomic E-state index is 9.54. The largest absolute Gasteiger partial charge is 0.481 e. The molecule has 0 saturated carbocycles. The van der Waals surface area contributed by atoms with Gasteiger partial charge in [-0.25, -0.2) is 4.98 Å². The number of methoxy groups -OCH3 is 1. The summed E-state index contributed by atoms with van der Waals surface area (Å²) in [4.78, 5) is 4.08. The Bertz CT molecular complexity index is 286. The molecule has 0 saturated heterocycles. The maximum absolute atomic E-state index is 9.54. The van der Waals surface area contributed by atoms with Crippen molar-refractivity contribution in [2.45, 2.75) is 26.4 Å². The number of hydrogen-bond donors (Lipinski definition) is 1. The number of aromatic nitrogens is 1. The number of rotatable bonds is 3. The molecule has 1 aromatic heterocycles.